The van der Waals surface area contributed by atoms with Gasteiger partial charge in [-0.25, -0.2) is 33.7 Å². The van der Waals surface area contributed by atoms with Gasteiger partial charge in [0.05, 0.1) is 35.0 Å². The van der Waals surface area contributed by atoms with Crippen LogP contribution in [0.4, 0.5) is 0 Å². The molecule has 0 spiro atoms. The number of aliphatic carboxylic acids is 2. The van der Waals surface area contributed by atoms with Crippen molar-refractivity contribution in [2.45, 2.75) is 464 Å². The van der Waals surface area contributed by atoms with Crippen LogP contribution in [0.15, 0.2) is 0 Å². The summed E-state index contributed by atoms with van der Waals surface area (Å²) in [5.41, 5.74) is -4.86. The van der Waals surface area contributed by atoms with E-state index in [1.807, 2.05) is 0 Å². The van der Waals surface area contributed by atoms with E-state index >= 15 is 0 Å². The summed E-state index contributed by atoms with van der Waals surface area (Å²) in [4.78, 5) is 23.7. The molecule has 21 heteroatoms. The van der Waals surface area contributed by atoms with Crippen molar-refractivity contribution >= 4 is 101 Å². The number of hydrogen-bond acceptors (Lipinski definition) is 12. The molecule has 0 saturated carbocycles. The van der Waals surface area contributed by atoms with Gasteiger partial charge < -0.3 is 19.8 Å². The molecule has 0 fully saturated rings. The number of unbranched alkanes of at least 4 members (excludes halogenated alkanes) is 60. The molecule has 0 heterocycles. The van der Waals surface area contributed by atoms with E-state index in [1.165, 1.54) is 283 Å². The van der Waals surface area contributed by atoms with Gasteiger partial charge in [-0.05, 0) is 39.5 Å². The van der Waals surface area contributed by atoms with E-state index < -0.39 is 63.4 Å². The fourth-order valence-corrected chi connectivity index (χ4v) is 18.9. The standard InChI is InChI=1S/2C39H80N2O6S2.Ba/c2*1-4-6-8-10-12-14-16-18-20-22-24-26-28-30-32-34-36-48(44,45)40-39(3,38(42)43)41-49(46,47)37-35-33-31-29-27-25-23-21-19-17-15-13-11-9-7-5-2;/h2*40-41H,4-37H2,1-3H3,(H,42,43);/q;;+2/p-2. The SMILES string of the molecule is CCCCCCCCCCCCCCCCCCS(=O)(=O)NC(C)(NS(=O)(=O)CCCCCCCCCCCCCCCCCC)C(=O)[O-].CCCCCCCCCCCCCCCCCCS(=O)(=O)NC(C)(NS(=O)(=O)CCCCCCCCCCCCCCCCCC)C(=O)[O-].[Ba+2]. The van der Waals surface area contributed by atoms with Gasteiger partial charge in [-0.3, -0.25) is 0 Å². The quantitative estimate of drug-likeness (QED) is 0.0252. The normalized spacial score (nSPS) is 12.4. The maximum absolute atomic E-state index is 12.7. The van der Waals surface area contributed by atoms with Crippen LogP contribution in [0.5, 0.6) is 0 Å². The summed E-state index contributed by atoms with van der Waals surface area (Å²) >= 11 is 0. The molecule has 0 amide bonds. The largest absolute Gasteiger partial charge is 2.00 e. The minimum Gasteiger partial charge on any atom is -0.547 e. The van der Waals surface area contributed by atoms with Crippen molar-refractivity contribution in [1.29, 1.82) is 0 Å². The molecule has 0 rings (SSSR count). The first-order valence-electron chi connectivity index (χ1n) is 41.4. The average molecular weight is 1610 g/mol. The third-order valence-electron chi connectivity index (χ3n) is 19.3. The van der Waals surface area contributed by atoms with E-state index in [1.54, 1.807) is 0 Å². The van der Waals surface area contributed by atoms with Gasteiger partial charge >= 0.3 is 48.9 Å². The van der Waals surface area contributed by atoms with E-state index in [0.717, 1.165) is 117 Å². The van der Waals surface area contributed by atoms with Gasteiger partial charge in [-0.15, -0.1) is 0 Å². The van der Waals surface area contributed by atoms with E-state index in [-0.39, 0.29) is 71.9 Å². The molecule has 99 heavy (non-hydrogen) atoms. The van der Waals surface area contributed by atoms with E-state index in [2.05, 4.69) is 46.6 Å². The van der Waals surface area contributed by atoms with Crippen molar-refractivity contribution in [1.82, 2.24) is 18.9 Å². The monoisotopic (exact) mass is 1610 g/mol. The van der Waals surface area contributed by atoms with Crippen molar-refractivity contribution < 1.29 is 53.5 Å². The number of hydrogen-bond donors (Lipinski definition) is 4. The molecule has 0 aromatic heterocycles. The van der Waals surface area contributed by atoms with Crippen LogP contribution in [0.3, 0.4) is 0 Å². The Bertz CT molecular complexity index is 1970. The zero-order valence-corrected chi connectivity index (χ0v) is 73.0. The van der Waals surface area contributed by atoms with Crippen LogP contribution in [0.25, 0.3) is 0 Å². The smallest absolute Gasteiger partial charge is 0.547 e. The van der Waals surface area contributed by atoms with Gasteiger partial charge in [0, 0.05) is 0 Å². The second-order valence-electron chi connectivity index (χ2n) is 29.7. The van der Waals surface area contributed by atoms with E-state index in [9.17, 15) is 53.5 Å². The molecule has 0 bridgehead atoms. The molecule has 0 aliphatic rings. The van der Waals surface area contributed by atoms with Crippen LogP contribution in [0.2, 0.25) is 0 Å². The van der Waals surface area contributed by atoms with Crippen LogP contribution in [0.1, 0.15) is 452 Å². The summed E-state index contributed by atoms with van der Waals surface area (Å²) in [6, 6.07) is 0. The van der Waals surface area contributed by atoms with Gasteiger partial charge in [0.2, 0.25) is 40.1 Å². The summed E-state index contributed by atoms with van der Waals surface area (Å²) in [7, 11) is -16.1. The Morgan fingerprint density at radius 3 is 0.394 bits per heavy atom. The number of carboxylic acids is 2. The fraction of sp³-hybridized carbons (Fsp3) is 0.974. The van der Waals surface area contributed by atoms with Crippen LogP contribution < -0.4 is 29.1 Å². The van der Waals surface area contributed by atoms with Crippen LogP contribution >= 0.6 is 0 Å². The molecule has 0 atom stereocenters. The second-order valence-corrected chi connectivity index (χ2v) is 37.1. The zero-order valence-electron chi connectivity index (χ0n) is 65.3. The second kappa shape index (κ2) is 71.1. The van der Waals surface area contributed by atoms with Crippen molar-refractivity contribution in [3.05, 3.63) is 0 Å². The zero-order chi connectivity index (χ0) is 73.1. The molecule has 588 valence electrons. The molecular formula is C78H158BaN4O12S4. The molecule has 4 N–H and O–H groups in total. The predicted molar refractivity (Wildman–Crippen MR) is 418 cm³/mol. The molecule has 0 aromatic rings. The number of sulfonamides is 4. The van der Waals surface area contributed by atoms with Crippen molar-refractivity contribution in [2.75, 3.05) is 23.0 Å². The first kappa shape index (κ1) is 103. The van der Waals surface area contributed by atoms with Crippen molar-refractivity contribution in [2.24, 2.45) is 0 Å². The number of carboxylic acid groups (broad SMARTS) is 2. The summed E-state index contributed by atoms with van der Waals surface area (Å²) in [6.45, 7) is 11.0. The Kier molecular flexibility index (Phi) is 74.2. The third-order valence-corrected chi connectivity index (χ3v) is 25.5. The predicted octanol–water partition coefficient (Wildman–Crippen LogP) is 19.2. The number of rotatable bonds is 78. The van der Waals surface area contributed by atoms with Gasteiger partial charge in [-0.1, -0.05) is 413 Å². The number of carbonyl (C=O) groups is 2. The Hall–Kier alpha value is 0.151. The number of nitrogens with one attached hydrogen (secondary N) is 4. The Morgan fingerprint density at radius 1 is 0.212 bits per heavy atom. The van der Waals surface area contributed by atoms with Gasteiger partial charge in [-0.2, -0.15) is 18.9 Å². The molecule has 0 radical (unpaired) electrons. The summed E-state index contributed by atoms with van der Waals surface area (Å²) in [6.07, 6.45) is 75.2. The van der Waals surface area contributed by atoms with Gasteiger partial charge in [0.15, 0.2) is 0 Å². The summed E-state index contributed by atoms with van der Waals surface area (Å²) < 4.78 is 110. The topological polar surface area (TPSA) is 265 Å². The van der Waals surface area contributed by atoms with Crippen molar-refractivity contribution in [3.8, 4) is 0 Å². The molecule has 0 aliphatic heterocycles. The molecule has 0 unspecified atom stereocenters. The summed E-state index contributed by atoms with van der Waals surface area (Å²) in [5.74, 6) is -4.66. The minimum absolute atomic E-state index is 0. The van der Waals surface area contributed by atoms with Crippen LogP contribution in [-0.4, -0.2) is 129 Å². The number of carbonyl (C=O) groups excluding carboxylic acids is 2. The van der Waals surface area contributed by atoms with Crippen molar-refractivity contribution in [3.63, 3.8) is 0 Å². The fourth-order valence-electron chi connectivity index (χ4n) is 13.0. The minimum atomic E-state index is -4.03. The molecule has 0 aromatic carbocycles. The van der Waals surface area contributed by atoms with Crippen LogP contribution in [0, 0.1) is 0 Å². The Labute approximate surface area is 654 Å². The maximum Gasteiger partial charge on any atom is 2.00 e. The first-order chi connectivity index (χ1) is 47.0. The Morgan fingerprint density at radius 2 is 0.303 bits per heavy atom. The third kappa shape index (κ3) is 72.1. The maximum atomic E-state index is 12.7. The molecule has 16 nitrogen and oxygen atoms in total. The van der Waals surface area contributed by atoms with Gasteiger partial charge in [0.25, 0.3) is 0 Å². The summed E-state index contributed by atoms with van der Waals surface area (Å²) in [5, 5.41) is 23.7. The molecule has 0 aliphatic carbocycles. The Balaban J connectivity index is -0.00000184. The first-order valence-corrected chi connectivity index (χ1v) is 48.1. The average Bonchev–Trinajstić information content (AvgIpc) is 0.823. The molecule has 0 saturated heterocycles. The van der Waals surface area contributed by atoms with Gasteiger partial charge in [0.1, 0.15) is 11.3 Å². The molecular weight excluding hydrogens is 1450 g/mol. The van der Waals surface area contributed by atoms with E-state index in [4.69, 9.17) is 0 Å². The van der Waals surface area contributed by atoms with E-state index in [0.29, 0.717) is 25.7 Å². The van der Waals surface area contributed by atoms with Crippen LogP contribution in [-0.2, 0) is 49.7 Å².